The largest absolute Gasteiger partial charge is 0.307 e. The lowest BCUT2D eigenvalue weighted by Gasteiger charge is -2.16. The lowest BCUT2D eigenvalue weighted by Crippen LogP contribution is -2.23. The molecule has 0 heterocycles. The third kappa shape index (κ3) is 2.98. The zero-order chi connectivity index (χ0) is 15.0. The number of rotatable bonds is 4. The second kappa shape index (κ2) is 5.57. The van der Waals surface area contributed by atoms with E-state index >= 15 is 0 Å². The van der Waals surface area contributed by atoms with E-state index < -0.39 is 0 Å². The van der Waals surface area contributed by atoms with Gasteiger partial charge in [0.05, 0.1) is 0 Å². The second-order valence-electron chi connectivity index (χ2n) is 5.87. The van der Waals surface area contributed by atoms with Crippen molar-refractivity contribution in [1.82, 2.24) is 5.32 Å². The van der Waals surface area contributed by atoms with Gasteiger partial charge in [0.15, 0.2) is 0 Å². The maximum Gasteiger partial charge on any atom is 0.128 e. The van der Waals surface area contributed by atoms with Gasteiger partial charge in [0.1, 0.15) is 11.6 Å². The van der Waals surface area contributed by atoms with E-state index in [1.165, 1.54) is 17.7 Å². The van der Waals surface area contributed by atoms with E-state index in [0.717, 1.165) is 6.42 Å². The highest BCUT2D eigenvalue weighted by molar-refractivity contribution is 5.30. The fourth-order valence-electron chi connectivity index (χ4n) is 2.85. The Hall–Kier alpha value is -1.74. The Morgan fingerprint density at radius 3 is 2.52 bits per heavy atom. The smallest absolute Gasteiger partial charge is 0.128 e. The van der Waals surface area contributed by atoms with Gasteiger partial charge >= 0.3 is 0 Å². The molecule has 1 aliphatic carbocycles. The topological polar surface area (TPSA) is 12.0 Å². The first-order valence-electron chi connectivity index (χ1n) is 7.33. The van der Waals surface area contributed by atoms with Crippen molar-refractivity contribution >= 4 is 0 Å². The molecule has 0 saturated heterocycles. The van der Waals surface area contributed by atoms with Crippen LogP contribution in [0.25, 0.3) is 0 Å². The van der Waals surface area contributed by atoms with E-state index in [4.69, 9.17) is 0 Å². The molecule has 1 nitrogen and oxygen atoms in total. The number of aryl methyl sites for hydroxylation is 1. The van der Waals surface area contributed by atoms with Crippen molar-refractivity contribution in [2.75, 3.05) is 0 Å². The number of hydrogen-bond donors (Lipinski definition) is 1. The van der Waals surface area contributed by atoms with Crippen molar-refractivity contribution < 1.29 is 8.78 Å². The summed E-state index contributed by atoms with van der Waals surface area (Å²) in [5.41, 5.74) is 2.05. The SMILES string of the molecule is Cc1cc(F)c(C(C)NC2CC2c2ccccc2)cc1F. The van der Waals surface area contributed by atoms with Gasteiger partial charge in [-0.05, 0) is 43.5 Å². The highest BCUT2D eigenvalue weighted by atomic mass is 19.1. The first kappa shape index (κ1) is 14.2. The number of benzene rings is 2. The highest BCUT2D eigenvalue weighted by Crippen LogP contribution is 2.42. The van der Waals surface area contributed by atoms with E-state index in [1.807, 2.05) is 25.1 Å². The average Bonchev–Trinajstić information content (AvgIpc) is 3.23. The van der Waals surface area contributed by atoms with E-state index in [0.29, 0.717) is 23.1 Å². The fourth-order valence-corrected chi connectivity index (χ4v) is 2.85. The molecule has 0 spiro atoms. The van der Waals surface area contributed by atoms with Gasteiger partial charge in [-0.25, -0.2) is 8.78 Å². The molecule has 0 radical (unpaired) electrons. The van der Waals surface area contributed by atoms with Crippen LogP contribution in [0.5, 0.6) is 0 Å². The molecule has 3 unspecified atom stereocenters. The van der Waals surface area contributed by atoms with Crippen LogP contribution in [0.2, 0.25) is 0 Å². The molecule has 3 heteroatoms. The standard InChI is InChI=1S/C18H19F2N/c1-11-8-17(20)14(9-16(11)19)12(2)21-18-10-15(18)13-6-4-3-5-7-13/h3-9,12,15,18,21H,10H2,1-2H3. The third-order valence-electron chi connectivity index (χ3n) is 4.23. The normalized spacial score (nSPS) is 22.1. The van der Waals surface area contributed by atoms with Crippen LogP contribution in [0.3, 0.4) is 0 Å². The predicted molar refractivity (Wildman–Crippen MR) is 80.2 cm³/mol. The van der Waals surface area contributed by atoms with Crippen LogP contribution >= 0.6 is 0 Å². The maximum atomic E-state index is 14.0. The molecule has 2 aromatic carbocycles. The molecule has 2 aromatic rings. The van der Waals surface area contributed by atoms with E-state index in [9.17, 15) is 8.78 Å². The first-order chi connectivity index (χ1) is 10.1. The van der Waals surface area contributed by atoms with Gasteiger partial charge in [-0.2, -0.15) is 0 Å². The van der Waals surface area contributed by atoms with Gasteiger partial charge < -0.3 is 5.32 Å². The molecule has 0 amide bonds. The minimum atomic E-state index is -0.351. The lowest BCUT2D eigenvalue weighted by molar-refractivity contribution is 0.511. The van der Waals surface area contributed by atoms with E-state index in [1.54, 1.807) is 6.92 Å². The summed E-state index contributed by atoms with van der Waals surface area (Å²) >= 11 is 0. The molecule has 1 fully saturated rings. The second-order valence-corrected chi connectivity index (χ2v) is 5.87. The summed E-state index contributed by atoms with van der Waals surface area (Å²) in [4.78, 5) is 0. The van der Waals surface area contributed by atoms with Crippen molar-refractivity contribution in [1.29, 1.82) is 0 Å². The molecular formula is C18H19F2N. The zero-order valence-electron chi connectivity index (χ0n) is 12.2. The molecule has 1 aliphatic rings. The lowest BCUT2D eigenvalue weighted by atomic mass is 10.0. The molecule has 1 saturated carbocycles. The predicted octanol–water partition coefficient (Wildman–Crippen LogP) is 4.48. The number of nitrogens with one attached hydrogen (secondary N) is 1. The van der Waals surface area contributed by atoms with Crippen molar-refractivity contribution in [3.63, 3.8) is 0 Å². The minimum absolute atomic E-state index is 0.196. The number of hydrogen-bond acceptors (Lipinski definition) is 1. The van der Waals surface area contributed by atoms with Crippen LogP contribution in [-0.4, -0.2) is 6.04 Å². The van der Waals surface area contributed by atoms with Gasteiger partial charge in [0.2, 0.25) is 0 Å². The summed E-state index contributed by atoms with van der Waals surface area (Å²) in [6.07, 6.45) is 1.05. The van der Waals surface area contributed by atoms with Gasteiger partial charge in [-0.1, -0.05) is 30.3 Å². The van der Waals surface area contributed by atoms with Gasteiger partial charge in [0, 0.05) is 23.6 Å². The van der Waals surface area contributed by atoms with Crippen molar-refractivity contribution in [3.05, 3.63) is 70.8 Å². The van der Waals surface area contributed by atoms with Crippen LogP contribution < -0.4 is 5.32 Å². The number of halogens is 2. The summed E-state index contributed by atoms with van der Waals surface area (Å²) in [6, 6.07) is 13.0. The molecular weight excluding hydrogens is 268 g/mol. The van der Waals surface area contributed by atoms with Crippen LogP contribution in [-0.2, 0) is 0 Å². The molecule has 3 rings (SSSR count). The molecule has 3 atom stereocenters. The van der Waals surface area contributed by atoms with Gasteiger partial charge in [0.25, 0.3) is 0 Å². The van der Waals surface area contributed by atoms with Crippen LogP contribution in [0.1, 0.15) is 42.0 Å². The Balaban J connectivity index is 1.68. The highest BCUT2D eigenvalue weighted by Gasteiger charge is 2.39. The first-order valence-corrected chi connectivity index (χ1v) is 7.33. The van der Waals surface area contributed by atoms with Gasteiger partial charge in [-0.3, -0.25) is 0 Å². The Kier molecular flexibility index (Phi) is 3.77. The zero-order valence-corrected chi connectivity index (χ0v) is 12.2. The summed E-state index contributed by atoms with van der Waals surface area (Å²) in [6.45, 7) is 3.46. The Morgan fingerprint density at radius 2 is 1.81 bits per heavy atom. The van der Waals surface area contributed by atoms with Crippen molar-refractivity contribution in [3.8, 4) is 0 Å². The van der Waals surface area contributed by atoms with Gasteiger partial charge in [-0.15, -0.1) is 0 Å². The molecule has 21 heavy (non-hydrogen) atoms. The third-order valence-corrected chi connectivity index (χ3v) is 4.23. The molecule has 0 aliphatic heterocycles. The summed E-state index contributed by atoms with van der Waals surface area (Å²) in [7, 11) is 0. The summed E-state index contributed by atoms with van der Waals surface area (Å²) in [5.74, 6) is -0.215. The molecule has 0 aromatic heterocycles. The molecule has 110 valence electrons. The van der Waals surface area contributed by atoms with E-state index in [2.05, 4.69) is 17.4 Å². The molecule has 1 N–H and O–H groups in total. The molecule has 0 bridgehead atoms. The average molecular weight is 287 g/mol. The summed E-state index contributed by atoms with van der Waals surface area (Å²) < 4.78 is 27.6. The Labute approximate surface area is 124 Å². The fraction of sp³-hybridized carbons (Fsp3) is 0.333. The van der Waals surface area contributed by atoms with Crippen molar-refractivity contribution in [2.24, 2.45) is 0 Å². The monoisotopic (exact) mass is 287 g/mol. The van der Waals surface area contributed by atoms with Crippen LogP contribution in [0.15, 0.2) is 42.5 Å². The van der Waals surface area contributed by atoms with Crippen LogP contribution in [0, 0.1) is 18.6 Å². The summed E-state index contributed by atoms with van der Waals surface area (Å²) in [5, 5.41) is 3.40. The minimum Gasteiger partial charge on any atom is -0.307 e. The quantitative estimate of drug-likeness (QED) is 0.874. The Bertz CT molecular complexity index is 639. The van der Waals surface area contributed by atoms with Crippen LogP contribution in [0.4, 0.5) is 8.78 Å². The maximum absolute atomic E-state index is 14.0. The Morgan fingerprint density at radius 1 is 1.10 bits per heavy atom. The van der Waals surface area contributed by atoms with E-state index in [-0.39, 0.29) is 17.7 Å². The van der Waals surface area contributed by atoms with Crippen molar-refractivity contribution in [2.45, 2.75) is 38.3 Å².